The molecular weight excluding hydrogens is 392 g/mol. The Balaban J connectivity index is 1.29. The fourth-order valence-electron chi connectivity index (χ4n) is 5.25. The number of fused-ring (bicyclic) bond motifs is 6. The number of carbonyl (C=O) groups is 3. The van der Waals surface area contributed by atoms with Crippen molar-refractivity contribution in [1.82, 2.24) is 4.98 Å². The zero-order valence-electron chi connectivity index (χ0n) is 16.5. The summed E-state index contributed by atoms with van der Waals surface area (Å²) in [6.07, 6.45) is 6.65. The van der Waals surface area contributed by atoms with E-state index in [1.165, 1.54) is 4.90 Å². The maximum atomic E-state index is 13.1. The number of hydrogen-bond acceptors (Lipinski definition) is 5. The molecule has 0 N–H and O–H groups in total. The van der Waals surface area contributed by atoms with Gasteiger partial charge in [0.25, 0.3) is 0 Å². The van der Waals surface area contributed by atoms with Gasteiger partial charge in [-0.1, -0.05) is 36.4 Å². The lowest BCUT2D eigenvalue weighted by atomic mass is 9.85. The summed E-state index contributed by atoms with van der Waals surface area (Å²) in [6.45, 7) is 0. The molecule has 31 heavy (non-hydrogen) atoms. The van der Waals surface area contributed by atoms with E-state index in [4.69, 9.17) is 4.74 Å². The average molecular weight is 410 g/mol. The van der Waals surface area contributed by atoms with E-state index < -0.39 is 5.97 Å². The first kappa shape index (κ1) is 18.0. The van der Waals surface area contributed by atoms with Crippen molar-refractivity contribution in [2.45, 2.75) is 6.42 Å². The molecular formula is C25H18N2O4. The summed E-state index contributed by atoms with van der Waals surface area (Å²) in [5, 5.41) is 0.865. The second-order valence-corrected chi connectivity index (χ2v) is 8.28. The van der Waals surface area contributed by atoms with Crippen LogP contribution in [0.25, 0.3) is 10.9 Å². The van der Waals surface area contributed by atoms with Gasteiger partial charge in [0.1, 0.15) is 5.52 Å². The summed E-state index contributed by atoms with van der Waals surface area (Å²) in [7, 11) is 0. The molecule has 0 spiro atoms. The van der Waals surface area contributed by atoms with Gasteiger partial charge in [0.15, 0.2) is 5.75 Å². The average Bonchev–Trinajstić information content (AvgIpc) is 3.48. The molecule has 2 aromatic carbocycles. The summed E-state index contributed by atoms with van der Waals surface area (Å²) in [6, 6.07) is 15.6. The van der Waals surface area contributed by atoms with Crippen LogP contribution in [0.4, 0.5) is 5.69 Å². The number of carbonyl (C=O) groups excluding carboxylic acids is 3. The smallest absolute Gasteiger partial charge is 0.343 e. The van der Waals surface area contributed by atoms with E-state index in [0.717, 1.165) is 11.8 Å². The standard InChI is InChI=1S/C25H18N2O4/c28-23-20-15-9-10-16(12-15)21(20)24(29)27(23)18-7-1-5-17(13-18)25(30)31-19-8-2-4-14-6-3-11-26-22(14)19/h1-11,13,15-16,20-21H,12H2/t15-,16-,20-,21+/m0/s1. The van der Waals surface area contributed by atoms with E-state index >= 15 is 0 Å². The van der Waals surface area contributed by atoms with Crippen molar-refractivity contribution in [3.63, 3.8) is 0 Å². The van der Waals surface area contributed by atoms with Gasteiger partial charge in [0, 0.05) is 11.6 Å². The summed E-state index contributed by atoms with van der Waals surface area (Å²) < 4.78 is 5.60. The van der Waals surface area contributed by atoms with Gasteiger partial charge in [-0.2, -0.15) is 0 Å². The van der Waals surface area contributed by atoms with Crippen LogP contribution in [0.1, 0.15) is 16.8 Å². The minimum Gasteiger partial charge on any atom is -0.421 e. The van der Waals surface area contributed by atoms with Crippen LogP contribution >= 0.6 is 0 Å². The monoisotopic (exact) mass is 410 g/mol. The van der Waals surface area contributed by atoms with Gasteiger partial charge in [0.2, 0.25) is 11.8 Å². The van der Waals surface area contributed by atoms with Crippen LogP contribution in [0.2, 0.25) is 0 Å². The molecule has 6 rings (SSSR count). The number of allylic oxidation sites excluding steroid dienone is 2. The van der Waals surface area contributed by atoms with E-state index in [-0.39, 0.29) is 41.0 Å². The van der Waals surface area contributed by atoms with E-state index in [1.54, 1.807) is 42.6 Å². The van der Waals surface area contributed by atoms with Crippen molar-refractivity contribution < 1.29 is 19.1 Å². The fraction of sp³-hybridized carbons (Fsp3) is 0.200. The Hall–Kier alpha value is -3.80. The van der Waals surface area contributed by atoms with Crippen LogP contribution in [0.3, 0.4) is 0 Å². The van der Waals surface area contributed by atoms with E-state index in [1.807, 2.05) is 18.2 Å². The lowest BCUT2D eigenvalue weighted by Crippen LogP contribution is -2.33. The molecule has 2 heterocycles. The molecule has 1 aromatic heterocycles. The number of aromatic nitrogens is 1. The third kappa shape index (κ3) is 2.64. The Labute approximate surface area is 178 Å². The topological polar surface area (TPSA) is 76.6 Å². The Morgan fingerprint density at radius 3 is 2.42 bits per heavy atom. The number of pyridine rings is 1. The van der Waals surface area contributed by atoms with Crippen molar-refractivity contribution in [2.24, 2.45) is 23.7 Å². The number of imide groups is 1. The first-order valence-electron chi connectivity index (χ1n) is 10.3. The molecule has 1 aliphatic heterocycles. The lowest BCUT2D eigenvalue weighted by Gasteiger charge is -2.18. The number of nitrogens with zero attached hydrogens (tertiary/aromatic N) is 2. The molecule has 2 bridgehead atoms. The minimum atomic E-state index is -0.568. The molecule has 0 unspecified atom stereocenters. The number of benzene rings is 2. The van der Waals surface area contributed by atoms with Crippen LogP contribution in [-0.2, 0) is 9.59 Å². The van der Waals surface area contributed by atoms with E-state index in [9.17, 15) is 14.4 Å². The number of rotatable bonds is 3. The minimum absolute atomic E-state index is 0.142. The number of ether oxygens (including phenoxy) is 1. The molecule has 152 valence electrons. The van der Waals surface area contributed by atoms with Crippen molar-refractivity contribution in [2.75, 3.05) is 4.90 Å². The zero-order chi connectivity index (χ0) is 21.1. The fourth-order valence-corrected chi connectivity index (χ4v) is 5.25. The molecule has 2 amide bonds. The molecule has 6 heteroatoms. The number of anilines is 1. The van der Waals surface area contributed by atoms with Crippen LogP contribution in [0.15, 0.2) is 72.9 Å². The number of amides is 2. The van der Waals surface area contributed by atoms with Gasteiger partial charge in [-0.15, -0.1) is 0 Å². The van der Waals surface area contributed by atoms with Gasteiger partial charge in [-0.05, 0) is 48.6 Å². The predicted molar refractivity (Wildman–Crippen MR) is 113 cm³/mol. The van der Waals surface area contributed by atoms with Crippen LogP contribution in [0, 0.1) is 23.7 Å². The normalized spacial score (nSPS) is 26.0. The van der Waals surface area contributed by atoms with Gasteiger partial charge < -0.3 is 4.74 Å². The Morgan fingerprint density at radius 2 is 1.65 bits per heavy atom. The number of para-hydroxylation sites is 1. The van der Waals surface area contributed by atoms with Gasteiger partial charge >= 0.3 is 5.97 Å². The van der Waals surface area contributed by atoms with Crippen LogP contribution in [-0.4, -0.2) is 22.8 Å². The molecule has 0 radical (unpaired) electrons. The second-order valence-electron chi connectivity index (χ2n) is 8.28. The molecule has 4 atom stereocenters. The van der Waals surface area contributed by atoms with E-state index in [2.05, 4.69) is 17.1 Å². The molecule has 3 aliphatic rings. The van der Waals surface area contributed by atoms with Crippen LogP contribution in [0.5, 0.6) is 5.75 Å². The molecule has 1 saturated carbocycles. The Morgan fingerprint density at radius 1 is 0.935 bits per heavy atom. The van der Waals surface area contributed by atoms with E-state index in [0.29, 0.717) is 17.0 Å². The predicted octanol–water partition coefficient (Wildman–Crippen LogP) is 3.77. The van der Waals surface area contributed by atoms with Crippen molar-refractivity contribution in [3.05, 3.63) is 78.5 Å². The first-order chi connectivity index (χ1) is 15.1. The third-order valence-corrected chi connectivity index (χ3v) is 6.61. The maximum absolute atomic E-state index is 13.1. The van der Waals surface area contributed by atoms with Gasteiger partial charge in [0.05, 0.1) is 23.1 Å². The largest absolute Gasteiger partial charge is 0.421 e. The van der Waals surface area contributed by atoms with Crippen LogP contribution < -0.4 is 9.64 Å². The quantitative estimate of drug-likeness (QED) is 0.284. The summed E-state index contributed by atoms with van der Waals surface area (Å²) in [5.74, 6) is -0.821. The molecule has 3 aromatic rings. The second kappa shape index (κ2) is 6.60. The highest BCUT2D eigenvalue weighted by Crippen LogP contribution is 2.53. The molecule has 1 saturated heterocycles. The van der Waals surface area contributed by atoms with Gasteiger partial charge in [-0.25, -0.2) is 9.69 Å². The van der Waals surface area contributed by atoms with Crippen molar-refractivity contribution in [3.8, 4) is 5.75 Å². The first-order valence-corrected chi connectivity index (χ1v) is 10.3. The third-order valence-electron chi connectivity index (χ3n) is 6.61. The molecule has 2 aliphatic carbocycles. The Bertz CT molecular complexity index is 1260. The highest BCUT2D eigenvalue weighted by Gasteiger charge is 2.59. The summed E-state index contributed by atoms with van der Waals surface area (Å²) >= 11 is 0. The SMILES string of the molecule is O=C(Oc1cccc2cccnc12)c1cccc(N2C(=O)[C@@H]3[C@H](C2=O)[C@H]2C=C[C@H]3C2)c1. The Kier molecular flexibility index (Phi) is 3.84. The molecule has 2 fully saturated rings. The number of esters is 1. The lowest BCUT2D eigenvalue weighted by molar-refractivity contribution is -0.123. The maximum Gasteiger partial charge on any atom is 0.343 e. The number of hydrogen-bond donors (Lipinski definition) is 0. The van der Waals surface area contributed by atoms with Crippen molar-refractivity contribution in [1.29, 1.82) is 0 Å². The summed E-state index contributed by atoms with van der Waals surface area (Å²) in [5.41, 5.74) is 1.27. The highest BCUT2D eigenvalue weighted by atomic mass is 16.5. The van der Waals surface area contributed by atoms with Crippen molar-refractivity contribution >= 4 is 34.4 Å². The highest BCUT2D eigenvalue weighted by molar-refractivity contribution is 6.23. The molecule has 6 nitrogen and oxygen atoms in total. The summed E-state index contributed by atoms with van der Waals surface area (Å²) in [4.78, 5) is 44.5. The zero-order valence-corrected chi connectivity index (χ0v) is 16.5. The van der Waals surface area contributed by atoms with Gasteiger partial charge in [-0.3, -0.25) is 14.6 Å².